The van der Waals surface area contributed by atoms with E-state index >= 15 is 0 Å². The van der Waals surface area contributed by atoms with Crippen molar-refractivity contribution in [2.75, 3.05) is 0 Å². The number of rotatable bonds is 2. The van der Waals surface area contributed by atoms with Crippen molar-refractivity contribution >= 4 is 12.6 Å². The standard InChI is InChI=1S/C24H28NOP/c1-18-15-16-21-22(17-18)27(26,20-13-9-6-10-14-20)25(24(2,3)4)23(21)19-11-7-5-8-12-19/h5-18,21,23H,1-4H3/t18-,21+,23-,27-/m1/s1. The lowest BCUT2D eigenvalue weighted by Crippen LogP contribution is -2.41. The Morgan fingerprint density at radius 3 is 2.07 bits per heavy atom. The van der Waals surface area contributed by atoms with Gasteiger partial charge in [0.1, 0.15) is 0 Å². The van der Waals surface area contributed by atoms with Gasteiger partial charge in [0, 0.05) is 22.1 Å². The van der Waals surface area contributed by atoms with Crippen molar-refractivity contribution in [1.29, 1.82) is 0 Å². The van der Waals surface area contributed by atoms with E-state index in [1.165, 1.54) is 5.56 Å². The zero-order chi connectivity index (χ0) is 19.2. The first-order valence-corrected chi connectivity index (χ1v) is 11.4. The Labute approximate surface area is 163 Å². The van der Waals surface area contributed by atoms with Crippen molar-refractivity contribution in [2.24, 2.45) is 11.8 Å². The summed E-state index contributed by atoms with van der Waals surface area (Å²) in [5, 5.41) is 2.05. The number of hydrogen-bond donors (Lipinski definition) is 0. The molecular weight excluding hydrogens is 349 g/mol. The van der Waals surface area contributed by atoms with Gasteiger partial charge in [-0.1, -0.05) is 73.7 Å². The zero-order valence-electron chi connectivity index (χ0n) is 16.5. The quantitative estimate of drug-likeness (QED) is 0.462. The van der Waals surface area contributed by atoms with Crippen LogP contribution in [-0.2, 0) is 4.57 Å². The molecule has 4 atom stereocenters. The first kappa shape index (κ1) is 18.5. The molecular formula is C24H28NOP. The molecule has 4 rings (SSSR count). The van der Waals surface area contributed by atoms with Crippen LogP contribution in [-0.4, -0.2) is 10.2 Å². The molecule has 3 heteroatoms. The number of allylic oxidation sites excluding steroid dienone is 2. The minimum absolute atomic E-state index is 0.0761. The maximum absolute atomic E-state index is 14.9. The number of fused-ring (bicyclic) bond motifs is 1. The average molecular weight is 377 g/mol. The lowest BCUT2D eigenvalue weighted by Gasteiger charge is -2.41. The lowest BCUT2D eigenvalue weighted by atomic mass is 9.86. The molecule has 0 saturated carbocycles. The van der Waals surface area contributed by atoms with Crippen LogP contribution in [0.4, 0.5) is 0 Å². The maximum atomic E-state index is 14.9. The van der Waals surface area contributed by atoms with E-state index in [0.717, 1.165) is 10.6 Å². The van der Waals surface area contributed by atoms with Crippen LogP contribution in [0.3, 0.4) is 0 Å². The first-order chi connectivity index (χ1) is 12.8. The largest absolute Gasteiger partial charge is 0.297 e. The fourth-order valence-corrected chi connectivity index (χ4v) is 8.51. The van der Waals surface area contributed by atoms with E-state index in [1.54, 1.807) is 0 Å². The molecule has 2 aromatic carbocycles. The molecule has 140 valence electrons. The Bertz CT molecular complexity index is 924. The van der Waals surface area contributed by atoms with Gasteiger partial charge in [-0.05, 0) is 44.4 Å². The predicted molar refractivity (Wildman–Crippen MR) is 114 cm³/mol. The summed E-state index contributed by atoms with van der Waals surface area (Å²) in [6, 6.07) is 20.7. The Morgan fingerprint density at radius 1 is 0.889 bits per heavy atom. The molecule has 2 nitrogen and oxygen atoms in total. The molecule has 0 unspecified atom stereocenters. The highest BCUT2D eigenvalue weighted by Gasteiger charge is 2.57. The van der Waals surface area contributed by atoms with Crippen molar-refractivity contribution in [3.63, 3.8) is 0 Å². The summed E-state index contributed by atoms with van der Waals surface area (Å²) in [6.07, 6.45) is 6.80. The third-order valence-corrected chi connectivity index (χ3v) is 9.19. The summed E-state index contributed by atoms with van der Waals surface area (Å²) in [5.74, 6) is 0.457. The van der Waals surface area contributed by atoms with Gasteiger partial charge < -0.3 is 0 Å². The Hall–Kier alpha value is -1.89. The van der Waals surface area contributed by atoms with Gasteiger partial charge in [-0.3, -0.25) is 4.57 Å². The molecule has 0 radical (unpaired) electrons. The van der Waals surface area contributed by atoms with E-state index in [-0.39, 0.29) is 17.5 Å². The van der Waals surface area contributed by atoms with Crippen LogP contribution in [0, 0.1) is 11.8 Å². The normalized spacial score (nSPS) is 30.8. The first-order valence-electron chi connectivity index (χ1n) is 9.74. The van der Waals surface area contributed by atoms with Crippen LogP contribution >= 0.6 is 7.29 Å². The van der Waals surface area contributed by atoms with E-state index in [1.807, 2.05) is 36.4 Å². The van der Waals surface area contributed by atoms with Gasteiger partial charge in [-0.25, -0.2) is 4.67 Å². The second-order valence-corrected chi connectivity index (χ2v) is 11.3. The van der Waals surface area contributed by atoms with Gasteiger partial charge in [0.05, 0.1) is 6.04 Å². The second-order valence-electron chi connectivity index (χ2n) is 8.64. The van der Waals surface area contributed by atoms with E-state index in [9.17, 15) is 4.57 Å². The average Bonchev–Trinajstić information content (AvgIpc) is 2.93. The number of nitrogens with zero attached hydrogens (tertiary/aromatic N) is 1. The van der Waals surface area contributed by atoms with E-state index < -0.39 is 7.29 Å². The monoisotopic (exact) mass is 377 g/mol. The summed E-state index contributed by atoms with van der Waals surface area (Å²) < 4.78 is 17.2. The van der Waals surface area contributed by atoms with E-state index in [2.05, 4.69) is 74.9 Å². The van der Waals surface area contributed by atoms with Crippen molar-refractivity contribution < 1.29 is 4.57 Å². The Balaban J connectivity index is 2.01. The van der Waals surface area contributed by atoms with Gasteiger partial charge in [-0.15, -0.1) is 0 Å². The van der Waals surface area contributed by atoms with Crippen LogP contribution < -0.4 is 5.30 Å². The molecule has 1 aliphatic heterocycles. The number of hydrogen-bond acceptors (Lipinski definition) is 1. The van der Waals surface area contributed by atoms with Crippen LogP contribution in [0.25, 0.3) is 0 Å². The molecule has 0 bridgehead atoms. The molecule has 27 heavy (non-hydrogen) atoms. The zero-order valence-corrected chi connectivity index (χ0v) is 17.4. The lowest BCUT2D eigenvalue weighted by molar-refractivity contribution is 0.189. The number of benzene rings is 2. The van der Waals surface area contributed by atoms with Crippen LogP contribution in [0.5, 0.6) is 0 Å². The fraction of sp³-hybridized carbons (Fsp3) is 0.333. The second kappa shape index (κ2) is 6.62. The molecule has 1 heterocycles. The van der Waals surface area contributed by atoms with Crippen LogP contribution in [0.2, 0.25) is 0 Å². The molecule has 0 spiro atoms. The highest BCUT2D eigenvalue weighted by atomic mass is 31.2. The Kier molecular flexibility index (Phi) is 4.53. The summed E-state index contributed by atoms with van der Waals surface area (Å²) in [4.78, 5) is 0. The molecule has 0 aromatic heterocycles. The van der Waals surface area contributed by atoms with Gasteiger partial charge >= 0.3 is 0 Å². The molecule has 1 saturated heterocycles. The maximum Gasteiger partial charge on any atom is 0.204 e. The minimum atomic E-state index is -2.90. The van der Waals surface area contributed by atoms with Gasteiger partial charge in [0.15, 0.2) is 0 Å². The van der Waals surface area contributed by atoms with Gasteiger partial charge in [-0.2, -0.15) is 0 Å². The smallest absolute Gasteiger partial charge is 0.204 e. The summed E-state index contributed by atoms with van der Waals surface area (Å²) in [5.41, 5.74) is 0.998. The van der Waals surface area contributed by atoms with Crippen LogP contribution in [0.15, 0.2) is 84.2 Å². The van der Waals surface area contributed by atoms with E-state index in [0.29, 0.717) is 5.92 Å². The predicted octanol–water partition coefficient (Wildman–Crippen LogP) is 6.15. The Morgan fingerprint density at radius 2 is 1.48 bits per heavy atom. The summed E-state index contributed by atoms with van der Waals surface area (Å²) in [6.45, 7) is 8.73. The third-order valence-electron chi connectivity index (χ3n) is 5.59. The summed E-state index contributed by atoms with van der Waals surface area (Å²) >= 11 is 0. The molecule has 1 aliphatic carbocycles. The molecule has 2 aliphatic rings. The molecule has 0 N–H and O–H groups in total. The van der Waals surface area contributed by atoms with Crippen molar-refractivity contribution in [2.45, 2.75) is 39.3 Å². The highest BCUT2D eigenvalue weighted by Crippen LogP contribution is 2.73. The van der Waals surface area contributed by atoms with Gasteiger partial charge in [0.25, 0.3) is 0 Å². The topological polar surface area (TPSA) is 20.3 Å². The third kappa shape index (κ3) is 2.96. The van der Waals surface area contributed by atoms with Crippen molar-refractivity contribution in [3.8, 4) is 0 Å². The molecule has 1 fully saturated rings. The molecule has 2 aromatic rings. The fourth-order valence-electron chi connectivity index (χ4n) is 4.59. The van der Waals surface area contributed by atoms with Crippen molar-refractivity contribution in [1.82, 2.24) is 4.67 Å². The van der Waals surface area contributed by atoms with E-state index in [4.69, 9.17) is 0 Å². The van der Waals surface area contributed by atoms with Gasteiger partial charge in [0.2, 0.25) is 7.29 Å². The summed E-state index contributed by atoms with van der Waals surface area (Å²) in [7, 11) is -2.90. The minimum Gasteiger partial charge on any atom is -0.297 e. The highest BCUT2D eigenvalue weighted by molar-refractivity contribution is 7.73. The molecule has 0 amide bonds. The van der Waals surface area contributed by atoms with Crippen molar-refractivity contribution in [3.05, 3.63) is 89.8 Å². The van der Waals surface area contributed by atoms with Crippen LogP contribution in [0.1, 0.15) is 39.3 Å². The SMILES string of the molecule is C[C@@H]1C=C[C@H]2C(=C1)[P@](=O)(c1ccccc1)N(C(C)(C)C)[C@@H]2c1ccccc1.